The van der Waals surface area contributed by atoms with E-state index in [4.69, 9.17) is 16.3 Å². The van der Waals surface area contributed by atoms with Gasteiger partial charge < -0.3 is 10.1 Å². The van der Waals surface area contributed by atoms with Crippen molar-refractivity contribution in [3.63, 3.8) is 0 Å². The van der Waals surface area contributed by atoms with Crippen LogP contribution in [0.5, 0.6) is 0 Å². The first-order chi connectivity index (χ1) is 15.1. The molecular formula is C24H26ClN3O3. The summed E-state index contributed by atoms with van der Waals surface area (Å²) in [4.78, 5) is 30.3. The maximum Gasteiger partial charge on any atom is 0.278 e. The fraction of sp³-hybridized carbons (Fsp3) is 0.333. The average molecular weight is 440 g/mol. The molecular weight excluding hydrogens is 414 g/mol. The molecule has 2 aromatic carbocycles. The topological polar surface area (TPSA) is 61.9 Å². The molecule has 0 aromatic heterocycles. The van der Waals surface area contributed by atoms with E-state index in [1.165, 1.54) is 4.90 Å². The molecule has 7 heteroatoms. The van der Waals surface area contributed by atoms with E-state index in [0.717, 1.165) is 50.4 Å². The van der Waals surface area contributed by atoms with Gasteiger partial charge in [0.2, 0.25) is 0 Å². The third kappa shape index (κ3) is 4.66. The summed E-state index contributed by atoms with van der Waals surface area (Å²) < 4.78 is 5.38. The summed E-state index contributed by atoms with van der Waals surface area (Å²) in [7, 11) is 0. The summed E-state index contributed by atoms with van der Waals surface area (Å²) in [5, 5.41) is 3.81. The highest BCUT2D eigenvalue weighted by Gasteiger charge is 2.39. The molecule has 31 heavy (non-hydrogen) atoms. The van der Waals surface area contributed by atoms with E-state index in [9.17, 15) is 9.59 Å². The quantitative estimate of drug-likeness (QED) is 0.668. The summed E-state index contributed by atoms with van der Waals surface area (Å²) >= 11 is 6.26. The number of anilines is 1. The van der Waals surface area contributed by atoms with E-state index >= 15 is 0 Å². The zero-order valence-corrected chi connectivity index (χ0v) is 18.3. The predicted octanol–water partition coefficient (Wildman–Crippen LogP) is 3.56. The molecule has 2 aromatic rings. The summed E-state index contributed by atoms with van der Waals surface area (Å²) in [6.45, 7) is 6.33. The second kappa shape index (κ2) is 9.64. The minimum absolute atomic E-state index is 0.264. The lowest BCUT2D eigenvalue weighted by Crippen LogP contribution is -2.39. The van der Waals surface area contributed by atoms with Crippen molar-refractivity contribution in [2.45, 2.75) is 13.3 Å². The van der Waals surface area contributed by atoms with Gasteiger partial charge in [0, 0.05) is 36.9 Å². The Bertz CT molecular complexity index is 1000. The number of rotatable bonds is 7. The molecule has 0 spiro atoms. The van der Waals surface area contributed by atoms with Crippen molar-refractivity contribution in [3.05, 3.63) is 70.4 Å². The number of nitrogens with one attached hydrogen (secondary N) is 1. The molecule has 2 heterocycles. The number of nitrogens with zero attached hydrogens (tertiary/aromatic N) is 2. The van der Waals surface area contributed by atoms with Crippen LogP contribution in [0.1, 0.15) is 17.5 Å². The maximum absolute atomic E-state index is 13.3. The summed E-state index contributed by atoms with van der Waals surface area (Å²) in [5.41, 5.74) is 2.96. The molecule has 6 nitrogen and oxygen atoms in total. The Morgan fingerprint density at radius 3 is 2.45 bits per heavy atom. The number of ether oxygens (including phenoxy) is 1. The smallest absolute Gasteiger partial charge is 0.278 e. The van der Waals surface area contributed by atoms with Crippen molar-refractivity contribution in [1.29, 1.82) is 0 Å². The van der Waals surface area contributed by atoms with Crippen LogP contribution >= 0.6 is 11.6 Å². The first kappa shape index (κ1) is 21.6. The van der Waals surface area contributed by atoms with Crippen LogP contribution in [-0.2, 0) is 14.3 Å². The van der Waals surface area contributed by atoms with Crippen molar-refractivity contribution in [1.82, 2.24) is 9.80 Å². The second-order valence-electron chi connectivity index (χ2n) is 7.72. The average Bonchev–Trinajstić information content (AvgIpc) is 3.02. The number of benzene rings is 2. The minimum Gasteiger partial charge on any atom is -0.379 e. The molecule has 0 radical (unpaired) electrons. The third-order valence-electron chi connectivity index (χ3n) is 5.72. The normalized spacial score (nSPS) is 17.5. The molecule has 2 amide bonds. The molecule has 0 bridgehead atoms. The number of carbonyl (C=O) groups excluding carboxylic acids is 2. The first-order valence-electron chi connectivity index (χ1n) is 10.5. The van der Waals surface area contributed by atoms with E-state index in [1.807, 2.05) is 49.4 Å². The lowest BCUT2D eigenvalue weighted by Gasteiger charge is -2.27. The second-order valence-corrected chi connectivity index (χ2v) is 8.13. The number of imide groups is 1. The number of hydrogen-bond acceptors (Lipinski definition) is 5. The van der Waals surface area contributed by atoms with Crippen molar-refractivity contribution in [2.75, 3.05) is 44.7 Å². The lowest BCUT2D eigenvalue weighted by molar-refractivity contribution is -0.136. The van der Waals surface area contributed by atoms with Crippen molar-refractivity contribution >= 4 is 34.7 Å². The highest BCUT2D eigenvalue weighted by molar-refractivity contribution is 6.36. The maximum atomic E-state index is 13.3. The number of amides is 2. The van der Waals surface area contributed by atoms with Crippen LogP contribution in [0.25, 0.3) is 5.57 Å². The van der Waals surface area contributed by atoms with Gasteiger partial charge >= 0.3 is 0 Å². The molecule has 0 unspecified atom stereocenters. The molecule has 0 atom stereocenters. The Hall–Kier alpha value is -2.67. The van der Waals surface area contributed by atoms with Crippen molar-refractivity contribution in [3.8, 4) is 0 Å². The third-order valence-corrected chi connectivity index (χ3v) is 6.13. The van der Waals surface area contributed by atoms with Gasteiger partial charge in [0.25, 0.3) is 11.8 Å². The highest BCUT2D eigenvalue weighted by Crippen LogP contribution is 2.32. The van der Waals surface area contributed by atoms with Gasteiger partial charge in [-0.1, -0.05) is 48.0 Å². The van der Waals surface area contributed by atoms with Gasteiger partial charge in [0.15, 0.2) is 0 Å². The Balaban J connectivity index is 1.57. The zero-order valence-electron chi connectivity index (χ0n) is 17.6. The summed E-state index contributed by atoms with van der Waals surface area (Å²) in [5.74, 6) is -0.564. The van der Waals surface area contributed by atoms with Crippen LogP contribution < -0.4 is 5.32 Å². The van der Waals surface area contributed by atoms with E-state index in [2.05, 4.69) is 10.2 Å². The SMILES string of the molecule is Cc1c(Cl)cccc1NC1=C(c2ccccc2)C(=O)N(CCCN2CCOCC2)C1=O. The molecule has 2 aliphatic rings. The van der Waals surface area contributed by atoms with E-state index in [-0.39, 0.29) is 11.8 Å². The fourth-order valence-electron chi connectivity index (χ4n) is 3.92. The number of hydrogen-bond donors (Lipinski definition) is 1. The van der Waals surface area contributed by atoms with E-state index in [1.54, 1.807) is 6.07 Å². The Kier molecular flexibility index (Phi) is 6.70. The Morgan fingerprint density at radius 2 is 1.71 bits per heavy atom. The Labute approximate surface area is 187 Å². The monoisotopic (exact) mass is 439 g/mol. The van der Waals surface area contributed by atoms with Crippen molar-refractivity contribution < 1.29 is 14.3 Å². The van der Waals surface area contributed by atoms with Gasteiger partial charge in [-0.3, -0.25) is 19.4 Å². The van der Waals surface area contributed by atoms with Crippen molar-refractivity contribution in [2.24, 2.45) is 0 Å². The van der Waals surface area contributed by atoms with Crippen LogP contribution in [0, 0.1) is 6.92 Å². The number of halogens is 1. The standard InChI is InChI=1S/C24H26ClN3O3/c1-17-19(25)9-5-10-20(17)26-22-21(18-7-3-2-4-8-18)23(29)28(24(22)30)12-6-11-27-13-15-31-16-14-27/h2-5,7-10,26H,6,11-16H2,1H3. The van der Waals surface area contributed by atoms with Gasteiger partial charge in [0.05, 0.1) is 18.8 Å². The Morgan fingerprint density at radius 1 is 0.968 bits per heavy atom. The molecule has 162 valence electrons. The molecule has 0 saturated carbocycles. The molecule has 4 rings (SSSR count). The van der Waals surface area contributed by atoms with Crippen LogP contribution in [0.4, 0.5) is 5.69 Å². The molecule has 0 aliphatic carbocycles. The van der Waals surface area contributed by atoms with Crippen LogP contribution in [-0.4, -0.2) is 61.0 Å². The van der Waals surface area contributed by atoms with Gasteiger partial charge in [-0.2, -0.15) is 0 Å². The van der Waals surface area contributed by atoms with Gasteiger partial charge in [0.1, 0.15) is 5.70 Å². The van der Waals surface area contributed by atoms with Gasteiger partial charge in [-0.05, 0) is 36.6 Å². The summed E-state index contributed by atoms with van der Waals surface area (Å²) in [6, 6.07) is 14.8. The fourth-order valence-corrected chi connectivity index (χ4v) is 4.10. The van der Waals surface area contributed by atoms with Gasteiger partial charge in [-0.25, -0.2) is 0 Å². The molecule has 1 fully saturated rings. The lowest BCUT2D eigenvalue weighted by atomic mass is 10.0. The predicted molar refractivity (Wildman–Crippen MR) is 122 cm³/mol. The number of carbonyl (C=O) groups is 2. The van der Waals surface area contributed by atoms with Crippen LogP contribution in [0.2, 0.25) is 5.02 Å². The molecule has 2 aliphatic heterocycles. The van der Waals surface area contributed by atoms with E-state index in [0.29, 0.717) is 28.5 Å². The molecule has 1 N–H and O–H groups in total. The molecule has 1 saturated heterocycles. The highest BCUT2D eigenvalue weighted by atomic mass is 35.5. The minimum atomic E-state index is -0.301. The largest absolute Gasteiger partial charge is 0.379 e. The zero-order chi connectivity index (χ0) is 21.8. The van der Waals surface area contributed by atoms with E-state index < -0.39 is 0 Å². The van der Waals surface area contributed by atoms with Gasteiger partial charge in [-0.15, -0.1) is 0 Å². The number of morpholine rings is 1. The van der Waals surface area contributed by atoms with Crippen LogP contribution in [0.15, 0.2) is 54.2 Å². The van der Waals surface area contributed by atoms with Crippen LogP contribution in [0.3, 0.4) is 0 Å². The summed E-state index contributed by atoms with van der Waals surface area (Å²) in [6.07, 6.45) is 0.725. The first-order valence-corrected chi connectivity index (χ1v) is 10.9.